The van der Waals surface area contributed by atoms with E-state index in [2.05, 4.69) is 20.4 Å². The molecule has 3 rings (SSSR count). The number of nitrogen functional groups attached to an aromatic ring is 1. The Hall–Kier alpha value is -3.22. The van der Waals surface area contributed by atoms with Gasteiger partial charge in [0.05, 0.1) is 23.8 Å². The minimum Gasteiger partial charge on any atom is -0.397 e. The van der Waals surface area contributed by atoms with E-state index in [1.165, 1.54) is 6.20 Å². The first-order valence-electron chi connectivity index (χ1n) is 6.21. The van der Waals surface area contributed by atoms with Crippen molar-refractivity contribution < 1.29 is 4.79 Å². The number of aromatic nitrogens is 4. The molecule has 0 aliphatic carbocycles. The highest BCUT2D eigenvalue weighted by Gasteiger charge is 2.07. The highest BCUT2D eigenvalue weighted by molar-refractivity contribution is 6.02. The fraction of sp³-hybridized carbons (Fsp3) is 0. The van der Waals surface area contributed by atoms with Gasteiger partial charge in [-0.15, -0.1) is 0 Å². The maximum absolute atomic E-state index is 12.0. The summed E-state index contributed by atoms with van der Waals surface area (Å²) in [7, 11) is 0. The second-order valence-electron chi connectivity index (χ2n) is 4.29. The third-order valence-corrected chi connectivity index (χ3v) is 2.76. The first-order valence-corrected chi connectivity index (χ1v) is 6.21. The largest absolute Gasteiger partial charge is 0.397 e. The van der Waals surface area contributed by atoms with Gasteiger partial charge in [-0.3, -0.25) is 4.79 Å². The molecular formula is C14H12N6O. The number of hydrogen-bond donors (Lipinski definition) is 2. The third-order valence-electron chi connectivity index (χ3n) is 2.76. The summed E-state index contributed by atoms with van der Waals surface area (Å²) in [6.45, 7) is 0. The number of hydrogen-bond acceptors (Lipinski definition) is 5. The predicted octanol–water partition coefficient (Wildman–Crippen LogP) is 1.50. The lowest BCUT2D eigenvalue weighted by Crippen LogP contribution is -2.14. The second-order valence-corrected chi connectivity index (χ2v) is 4.29. The van der Waals surface area contributed by atoms with Crippen molar-refractivity contribution in [2.75, 3.05) is 11.1 Å². The highest BCUT2D eigenvalue weighted by atomic mass is 16.1. The minimum absolute atomic E-state index is 0.292. The van der Waals surface area contributed by atoms with Crippen LogP contribution < -0.4 is 11.1 Å². The average molecular weight is 280 g/mol. The molecule has 3 aromatic heterocycles. The third kappa shape index (κ3) is 2.86. The van der Waals surface area contributed by atoms with Gasteiger partial charge >= 0.3 is 0 Å². The highest BCUT2D eigenvalue weighted by Crippen LogP contribution is 2.10. The number of pyridine rings is 2. The van der Waals surface area contributed by atoms with Crippen molar-refractivity contribution in [1.29, 1.82) is 0 Å². The van der Waals surface area contributed by atoms with E-state index in [1.807, 2.05) is 6.07 Å². The Kier molecular flexibility index (Phi) is 3.30. The predicted molar refractivity (Wildman–Crippen MR) is 78.0 cm³/mol. The lowest BCUT2D eigenvalue weighted by Gasteiger charge is -2.05. The van der Waals surface area contributed by atoms with Crippen molar-refractivity contribution in [3.05, 3.63) is 60.8 Å². The number of anilines is 2. The lowest BCUT2D eigenvalue weighted by atomic mass is 10.3. The number of amides is 1. The maximum atomic E-state index is 12.0. The Morgan fingerprint density at radius 2 is 2.05 bits per heavy atom. The van der Waals surface area contributed by atoms with Gasteiger partial charge in [0, 0.05) is 12.4 Å². The summed E-state index contributed by atoms with van der Waals surface area (Å²) in [5.41, 5.74) is 6.91. The molecule has 3 heterocycles. The van der Waals surface area contributed by atoms with Crippen molar-refractivity contribution in [2.45, 2.75) is 0 Å². The van der Waals surface area contributed by atoms with Crippen LogP contribution in [-0.4, -0.2) is 25.7 Å². The van der Waals surface area contributed by atoms with Gasteiger partial charge < -0.3 is 11.1 Å². The van der Waals surface area contributed by atoms with Crippen molar-refractivity contribution in [3.63, 3.8) is 0 Å². The molecule has 1 amide bonds. The van der Waals surface area contributed by atoms with Crippen molar-refractivity contribution in [1.82, 2.24) is 19.7 Å². The van der Waals surface area contributed by atoms with Gasteiger partial charge in [-0.1, -0.05) is 0 Å². The van der Waals surface area contributed by atoms with Crippen LogP contribution in [0.5, 0.6) is 0 Å². The van der Waals surface area contributed by atoms with Crippen molar-refractivity contribution >= 4 is 17.3 Å². The molecule has 21 heavy (non-hydrogen) atoms. The number of nitrogens with two attached hydrogens (primary N) is 1. The van der Waals surface area contributed by atoms with E-state index in [1.54, 1.807) is 47.5 Å². The van der Waals surface area contributed by atoms with Crippen LogP contribution >= 0.6 is 0 Å². The number of rotatable bonds is 3. The SMILES string of the molecule is Nc1ccc(C(=O)Nc2ccc(-n3cccn3)nc2)nc1. The summed E-state index contributed by atoms with van der Waals surface area (Å²) < 4.78 is 1.63. The fourth-order valence-electron chi connectivity index (χ4n) is 1.73. The zero-order valence-corrected chi connectivity index (χ0v) is 11.0. The van der Waals surface area contributed by atoms with E-state index in [-0.39, 0.29) is 5.91 Å². The van der Waals surface area contributed by atoms with Crippen LogP contribution in [0.15, 0.2) is 55.1 Å². The van der Waals surface area contributed by atoms with Crippen LogP contribution in [0.2, 0.25) is 0 Å². The number of nitrogens with zero attached hydrogens (tertiary/aromatic N) is 4. The molecule has 0 spiro atoms. The van der Waals surface area contributed by atoms with Crippen LogP contribution in [0, 0.1) is 0 Å². The molecule has 0 radical (unpaired) electrons. The van der Waals surface area contributed by atoms with Gasteiger partial charge in [0.1, 0.15) is 5.69 Å². The van der Waals surface area contributed by atoms with E-state index in [0.29, 0.717) is 22.9 Å². The average Bonchev–Trinajstić information content (AvgIpc) is 3.03. The summed E-state index contributed by atoms with van der Waals surface area (Å²) >= 11 is 0. The van der Waals surface area contributed by atoms with E-state index in [4.69, 9.17) is 5.73 Å². The molecule has 0 atom stereocenters. The Balaban J connectivity index is 1.73. The van der Waals surface area contributed by atoms with Gasteiger partial charge in [-0.05, 0) is 30.3 Å². The van der Waals surface area contributed by atoms with Crippen molar-refractivity contribution in [3.8, 4) is 5.82 Å². The number of nitrogens with one attached hydrogen (secondary N) is 1. The van der Waals surface area contributed by atoms with Crippen LogP contribution in [-0.2, 0) is 0 Å². The molecule has 104 valence electrons. The summed E-state index contributed by atoms with van der Waals surface area (Å²) in [6, 6.07) is 8.51. The molecular weight excluding hydrogens is 268 g/mol. The van der Waals surface area contributed by atoms with Gasteiger partial charge in [0.25, 0.3) is 5.91 Å². The van der Waals surface area contributed by atoms with E-state index in [0.717, 1.165) is 0 Å². The lowest BCUT2D eigenvalue weighted by molar-refractivity contribution is 0.102. The molecule has 0 aliphatic heterocycles. The van der Waals surface area contributed by atoms with E-state index >= 15 is 0 Å². The smallest absolute Gasteiger partial charge is 0.274 e. The normalized spacial score (nSPS) is 10.3. The van der Waals surface area contributed by atoms with Crippen LogP contribution in [0.3, 0.4) is 0 Å². The van der Waals surface area contributed by atoms with E-state index in [9.17, 15) is 4.79 Å². The van der Waals surface area contributed by atoms with Crippen molar-refractivity contribution in [2.24, 2.45) is 0 Å². The van der Waals surface area contributed by atoms with Crippen LogP contribution in [0.4, 0.5) is 11.4 Å². The molecule has 0 aliphatic rings. The molecule has 3 aromatic rings. The summed E-state index contributed by atoms with van der Waals surface area (Å²) in [6.07, 6.45) is 6.46. The second kappa shape index (κ2) is 5.41. The zero-order valence-electron chi connectivity index (χ0n) is 11.0. The molecule has 0 unspecified atom stereocenters. The van der Waals surface area contributed by atoms with Gasteiger partial charge in [0.15, 0.2) is 5.82 Å². The Labute approximate surface area is 120 Å². The monoisotopic (exact) mass is 280 g/mol. The van der Waals surface area contributed by atoms with Gasteiger partial charge in [0.2, 0.25) is 0 Å². The zero-order chi connectivity index (χ0) is 14.7. The molecule has 3 N–H and O–H groups in total. The summed E-state index contributed by atoms with van der Waals surface area (Å²) in [5.74, 6) is 0.354. The Morgan fingerprint density at radius 3 is 2.67 bits per heavy atom. The molecule has 0 saturated heterocycles. The molecule has 0 bridgehead atoms. The molecule has 7 heteroatoms. The van der Waals surface area contributed by atoms with Crippen LogP contribution in [0.1, 0.15) is 10.5 Å². The maximum Gasteiger partial charge on any atom is 0.274 e. The molecule has 0 saturated carbocycles. The summed E-state index contributed by atoms with van der Waals surface area (Å²) in [4.78, 5) is 20.2. The fourth-order valence-corrected chi connectivity index (χ4v) is 1.73. The van der Waals surface area contributed by atoms with Gasteiger partial charge in [-0.2, -0.15) is 5.10 Å². The minimum atomic E-state index is -0.316. The molecule has 0 aromatic carbocycles. The first kappa shape index (κ1) is 12.8. The first-order chi connectivity index (χ1) is 10.2. The molecule has 0 fully saturated rings. The topological polar surface area (TPSA) is 98.7 Å². The quantitative estimate of drug-likeness (QED) is 0.757. The molecule has 7 nitrogen and oxygen atoms in total. The van der Waals surface area contributed by atoms with Gasteiger partial charge in [-0.25, -0.2) is 14.6 Å². The Bertz CT molecular complexity index is 734. The van der Waals surface area contributed by atoms with Crippen LogP contribution in [0.25, 0.3) is 5.82 Å². The van der Waals surface area contributed by atoms with E-state index < -0.39 is 0 Å². The number of carbonyl (C=O) groups excluding carboxylic acids is 1. The Morgan fingerprint density at radius 1 is 1.14 bits per heavy atom. The summed E-state index contributed by atoms with van der Waals surface area (Å²) in [5, 5.41) is 6.79. The number of carbonyl (C=O) groups is 1. The standard InChI is InChI=1S/C14H12N6O/c15-10-2-4-12(16-8-10)14(21)19-11-3-5-13(17-9-11)20-7-1-6-18-20/h1-9H,15H2,(H,19,21).